The Kier molecular flexibility index (Phi) is 6.38. The lowest BCUT2D eigenvalue weighted by molar-refractivity contribution is -0.121. The lowest BCUT2D eigenvalue weighted by atomic mass is 9.87. The molecule has 0 aliphatic heterocycles. The fraction of sp³-hybridized carbons (Fsp3) is 0.364. The fourth-order valence-electron chi connectivity index (χ4n) is 3.23. The Hall–Kier alpha value is -2.91. The van der Waals surface area contributed by atoms with Crippen LogP contribution in [0.2, 0.25) is 0 Å². The van der Waals surface area contributed by atoms with E-state index in [9.17, 15) is 18.0 Å². The van der Waals surface area contributed by atoms with Gasteiger partial charge in [-0.3, -0.25) is 4.79 Å². The molecule has 1 atom stereocenters. The van der Waals surface area contributed by atoms with Crippen LogP contribution in [0, 0.1) is 0 Å². The molecule has 2 aromatic carbocycles. The average Bonchev–Trinajstić information content (AvgIpc) is 3.06. The summed E-state index contributed by atoms with van der Waals surface area (Å²) in [5, 5.41) is 2.84. The van der Waals surface area contributed by atoms with E-state index in [0.717, 1.165) is 11.1 Å². The highest BCUT2D eigenvalue weighted by Gasteiger charge is 2.18. The van der Waals surface area contributed by atoms with Crippen LogP contribution < -0.4 is 15.7 Å². The standard InChI is InChI=1S/C22H28N4O4S/c1-14(15-5-10-18-19(13-15)26-21(28)25-18)24-20(27)11-12-23-31(29,30)17-8-6-16(7-9-17)22(2,3)4/h5-10,13-14,23H,11-12H2,1-4H3,(H,24,27)(H2,25,26,28). The minimum Gasteiger partial charge on any atom is -0.350 e. The quantitative estimate of drug-likeness (QED) is 0.447. The molecule has 1 unspecified atom stereocenters. The van der Waals surface area contributed by atoms with Gasteiger partial charge in [0.15, 0.2) is 0 Å². The maximum Gasteiger partial charge on any atom is 0.323 e. The summed E-state index contributed by atoms with van der Waals surface area (Å²) in [6.45, 7) is 8.00. The highest BCUT2D eigenvalue weighted by atomic mass is 32.2. The summed E-state index contributed by atoms with van der Waals surface area (Å²) in [4.78, 5) is 29.2. The van der Waals surface area contributed by atoms with Crippen molar-refractivity contribution in [1.82, 2.24) is 20.0 Å². The summed E-state index contributed by atoms with van der Waals surface area (Å²) in [6, 6.07) is 11.8. The van der Waals surface area contributed by atoms with Gasteiger partial charge in [-0.05, 0) is 47.7 Å². The Labute approximate surface area is 181 Å². The number of H-pyrrole nitrogens is 2. The Morgan fingerprint density at radius 1 is 1.03 bits per heavy atom. The van der Waals surface area contributed by atoms with Crippen molar-refractivity contribution in [1.29, 1.82) is 0 Å². The molecule has 166 valence electrons. The van der Waals surface area contributed by atoms with Gasteiger partial charge in [0.1, 0.15) is 0 Å². The SMILES string of the molecule is CC(NC(=O)CCNS(=O)(=O)c1ccc(C(C)(C)C)cc1)c1ccc2[nH]c(=O)[nH]c2c1. The van der Waals surface area contributed by atoms with Crippen molar-refractivity contribution in [3.8, 4) is 0 Å². The Balaban J connectivity index is 1.54. The number of fused-ring (bicyclic) bond motifs is 1. The van der Waals surface area contributed by atoms with Gasteiger partial charge in [-0.15, -0.1) is 0 Å². The molecule has 4 N–H and O–H groups in total. The molecule has 0 saturated heterocycles. The summed E-state index contributed by atoms with van der Waals surface area (Å²) in [5.74, 6) is -0.277. The summed E-state index contributed by atoms with van der Waals surface area (Å²) >= 11 is 0. The van der Waals surface area contributed by atoms with Gasteiger partial charge in [-0.2, -0.15) is 0 Å². The van der Waals surface area contributed by atoms with Crippen LogP contribution in [-0.4, -0.2) is 30.8 Å². The van der Waals surface area contributed by atoms with Gasteiger partial charge in [0.2, 0.25) is 15.9 Å². The van der Waals surface area contributed by atoms with E-state index in [1.165, 1.54) is 0 Å². The van der Waals surface area contributed by atoms with Gasteiger partial charge >= 0.3 is 5.69 Å². The molecule has 3 aromatic rings. The number of benzene rings is 2. The lowest BCUT2D eigenvalue weighted by Gasteiger charge is -2.19. The molecule has 0 aliphatic rings. The fourth-order valence-corrected chi connectivity index (χ4v) is 4.26. The predicted octanol–water partition coefficient (Wildman–Crippen LogP) is 2.70. The van der Waals surface area contributed by atoms with E-state index in [2.05, 4.69) is 40.8 Å². The first-order valence-corrected chi connectivity index (χ1v) is 11.6. The highest BCUT2D eigenvalue weighted by molar-refractivity contribution is 7.89. The van der Waals surface area contributed by atoms with E-state index in [1.807, 2.05) is 13.0 Å². The maximum atomic E-state index is 12.5. The molecule has 0 aliphatic carbocycles. The largest absolute Gasteiger partial charge is 0.350 e. The van der Waals surface area contributed by atoms with Gasteiger partial charge in [-0.1, -0.05) is 39.0 Å². The average molecular weight is 445 g/mol. The van der Waals surface area contributed by atoms with Crippen LogP contribution in [0.15, 0.2) is 52.2 Å². The summed E-state index contributed by atoms with van der Waals surface area (Å²) < 4.78 is 27.4. The van der Waals surface area contributed by atoms with Crippen LogP contribution >= 0.6 is 0 Å². The van der Waals surface area contributed by atoms with Crippen LogP contribution in [0.3, 0.4) is 0 Å². The van der Waals surface area contributed by atoms with Gasteiger partial charge in [0.05, 0.1) is 22.0 Å². The first kappa shape index (κ1) is 22.8. The molecule has 0 spiro atoms. The minimum atomic E-state index is -3.69. The minimum absolute atomic E-state index is 0.00682. The highest BCUT2D eigenvalue weighted by Crippen LogP contribution is 2.23. The smallest absolute Gasteiger partial charge is 0.323 e. The van der Waals surface area contributed by atoms with Crippen molar-refractivity contribution in [2.24, 2.45) is 0 Å². The molecule has 0 radical (unpaired) electrons. The van der Waals surface area contributed by atoms with Gasteiger partial charge in [0.25, 0.3) is 0 Å². The number of aromatic nitrogens is 2. The Morgan fingerprint density at radius 3 is 2.32 bits per heavy atom. The number of imidazole rings is 1. The number of hydrogen-bond acceptors (Lipinski definition) is 4. The van der Waals surface area contributed by atoms with Crippen molar-refractivity contribution < 1.29 is 13.2 Å². The molecule has 1 aromatic heterocycles. The molecule has 0 saturated carbocycles. The normalized spacial score (nSPS) is 13.3. The number of carbonyl (C=O) groups is 1. The van der Waals surface area contributed by atoms with Crippen molar-refractivity contribution in [2.45, 2.75) is 50.5 Å². The number of amides is 1. The number of nitrogens with one attached hydrogen (secondary N) is 4. The number of rotatable bonds is 7. The zero-order chi connectivity index (χ0) is 22.8. The second kappa shape index (κ2) is 8.68. The van der Waals surface area contributed by atoms with Crippen molar-refractivity contribution in [3.63, 3.8) is 0 Å². The van der Waals surface area contributed by atoms with E-state index in [4.69, 9.17) is 0 Å². The van der Waals surface area contributed by atoms with Gasteiger partial charge < -0.3 is 15.3 Å². The topological polar surface area (TPSA) is 124 Å². The van der Waals surface area contributed by atoms with Crippen molar-refractivity contribution in [3.05, 3.63) is 64.1 Å². The number of sulfonamides is 1. The van der Waals surface area contributed by atoms with E-state index in [-0.39, 0.29) is 40.9 Å². The zero-order valence-electron chi connectivity index (χ0n) is 18.1. The Bertz CT molecular complexity index is 1230. The number of hydrogen-bond donors (Lipinski definition) is 4. The van der Waals surface area contributed by atoms with Crippen LogP contribution in [0.1, 0.15) is 51.3 Å². The number of aromatic amines is 2. The lowest BCUT2D eigenvalue weighted by Crippen LogP contribution is -2.32. The van der Waals surface area contributed by atoms with Gasteiger partial charge in [0, 0.05) is 13.0 Å². The third-order valence-electron chi connectivity index (χ3n) is 5.09. The molecule has 31 heavy (non-hydrogen) atoms. The van der Waals surface area contributed by atoms with E-state index in [0.29, 0.717) is 11.0 Å². The molecule has 8 nitrogen and oxygen atoms in total. The molecule has 3 rings (SSSR count). The predicted molar refractivity (Wildman–Crippen MR) is 120 cm³/mol. The van der Waals surface area contributed by atoms with E-state index >= 15 is 0 Å². The molecular weight excluding hydrogens is 416 g/mol. The third kappa shape index (κ3) is 5.62. The molecule has 1 heterocycles. The maximum absolute atomic E-state index is 12.5. The first-order valence-electron chi connectivity index (χ1n) is 10.1. The molecular formula is C22H28N4O4S. The second-order valence-electron chi connectivity index (χ2n) is 8.60. The molecule has 0 fully saturated rings. The van der Waals surface area contributed by atoms with Crippen LogP contribution in [0.25, 0.3) is 11.0 Å². The summed E-state index contributed by atoms with van der Waals surface area (Å²) in [6.07, 6.45) is 0.00682. The van der Waals surface area contributed by atoms with Crippen LogP contribution in [0.5, 0.6) is 0 Å². The Morgan fingerprint density at radius 2 is 1.68 bits per heavy atom. The van der Waals surface area contributed by atoms with E-state index in [1.54, 1.807) is 36.4 Å². The summed E-state index contributed by atoms with van der Waals surface area (Å²) in [5.41, 5.74) is 2.87. The van der Waals surface area contributed by atoms with E-state index < -0.39 is 10.0 Å². The van der Waals surface area contributed by atoms with Gasteiger partial charge in [-0.25, -0.2) is 17.9 Å². The zero-order valence-corrected chi connectivity index (χ0v) is 18.9. The molecule has 9 heteroatoms. The van der Waals surface area contributed by atoms with Crippen molar-refractivity contribution in [2.75, 3.05) is 6.54 Å². The second-order valence-corrected chi connectivity index (χ2v) is 10.4. The van der Waals surface area contributed by atoms with Crippen LogP contribution in [0.4, 0.5) is 0 Å². The molecule has 1 amide bonds. The third-order valence-corrected chi connectivity index (χ3v) is 6.57. The molecule has 0 bridgehead atoms. The summed E-state index contributed by atoms with van der Waals surface area (Å²) in [7, 11) is -3.69. The monoisotopic (exact) mass is 444 g/mol. The van der Waals surface area contributed by atoms with Crippen LogP contribution in [-0.2, 0) is 20.2 Å². The number of carbonyl (C=O) groups excluding carboxylic acids is 1. The first-order chi connectivity index (χ1) is 14.5. The van der Waals surface area contributed by atoms with Crippen molar-refractivity contribution >= 4 is 27.0 Å².